The largest absolute Gasteiger partial charge is 0.417 e. The summed E-state index contributed by atoms with van der Waals surface area (Å²) in [6.45, 7) is 3.40. The maximum atomic E-state index is 13.3. The normalized spacial score (nSPS) is 12.0. The van der Waals surface area contributed by atoms with Crippen molar-refractivity contribution in [1.29, 1.82) is 0 Å². The number of benzene rings is 2. The fourth-order valence-electron chi connectivity index (χ4n) is 3.10. The van der Waals surface area contributed by atoms with Crippen molar-refractivity contribution in [2.24, 2.45) is 0 Å². The standard InChI is InChI=1S/C22H17Cl2F3N2O3S/c1-3-13-6-4-5-7-15(13)21(30)20-19(11-18(24)12(2)28-20)29-33(31,32)14-8-9-17(23)16(10-14)22(25,26)27/h4-11,29H,3H2,1-2H3. The van der Waals surface area contributed by atoms with E-state index in [1.54, 1.807) is 24.3 Å². The molecule has 0 amide bonds. The maximum absolute atomic E-state index is 13.3. The molecule has 33 heavy (non-hydrogen) atoms. The molecule has 1 heterocycles. The summed E-state index contributed by atoms with van der Waals surface area (Å²) in [5.74, 6) is -0.558. The predicted molar refractivity (Wildman–Crippen MR) is 120 cm³/mol. The van der Waals surface area contributed by atoms with Crippen molar-refractivity contribution in [2.75, 3.05) is 4.72 Å². The molecule has 11 heteroatoms. The number of aryl methyl sites for hydroxylation is 2. The number of ketones is 1. The third-order valence-corrected chi connectivity index (χ3v) is 6.88. The molecule has 0 saturated heterocycles. The van der Waals surface area contributed by atoms with Crippen molar-refractivity contribution >= 4 is 44.7 Å². The number of nitrogens with zero attached hydrogens (tertiary/aromatic N) is 1. The Labute approximate surface area is 198 Å². The highest BCUT2D eigenvalue weighted by Gasteiger charge is 2.35. The van der Waals surface area contributed by atoms with Gasteiger partial charge in [-0.15, -0.1) is 0 Å². The lowest BCUT2D eigenvalue weighted by atomic mass is 9.99. The molecule has 0 radical (unpaired) electrons. The Balaban J connectivity index is 2.11. The lowest BCUT2D eigenvalue weighted by molar-refractivity contribution is -0.137. The molecule has 2 aromatic carbocycles. The third kappa shape index (κ3) is 5.31. The van der Waals surface area contributed by atoms with Crippen LogP contribution in [0.1, 0.15) is 39.8 Å². The summed E-state index contributed by atoms with van der Waals surface area (Å²) in [5.41, 5.74) is -0.474. The second-order valence-corrected chi connectivity index (χ2v) is 9.53. The van der Waals surface area contributed by atoms with E-state index in [2.05, 4.69) is 9.71 Å². The first-order chi connectivity index (χ1) is 15.3. The number of carbonyl (C=O) groups excluding carboxylic acids is 1. The molecule has 0 aliphatic carbocycles. The first kappa shape index (κ1) is 25.0. The van der Waals surface area contributed by atoms with E-state index < -0.39 is 37.5 Å². The number of rotatable bonds is 6. The average Bonchev–Trinajstić information content (AvgIpc) is 2.74. The van der Waals surface area contributed by atoms with Crippen LogP contribution in [0.25, 0.3) is 0 Å². The number of hydrogen-bond donors (Lipinski definition) is 1. The summed E-state index contributed by atoms with van der Waals surface area (Å²) in [4.78, 5) is 16.7. The first-order valence-corrected chi connectivity index (χ1v) is 11.8. The van der Waals surface area contributed by atoms with E-state index in [0.717, 1.165) is 17.7 Å². The van der Waals surface area contributed by atoms with Crippen LogP contribution in [-0.4, -0.2) is 19.2 Å². The molecule has 0 unspecified atom stereocenters. The Hall–Kier alpha value is -2.62. The maximum Gasteiger partial charge on any atom is 0.417 e. The van der Waals surface area contributed by atoms with Gasteiger partial charge < -0.3 is 0 Å². The zero-order valence-electron chi connectivity index (χ0n) is 17.3. The average molecular weight is 517 g/mol. The summed E-state index contributed by atoms with van der Waals surface area (Å²) >= 11 is 11.7. The van der Waals surface area contributed by atoms with Crippen molar-refractivity contribution in [3.8, 4) is 0 Å². The molecule has 0 fully saturated rings. The van der Waals surface area contributed by atoms with E-state index in [9.17, 15) is 26.4 Å². The number of anilines is 1. The number of sulfonamides is 1. The fraction of sp³-hybridized carbons (Fsp3) is 0.182. The van der Waals surface area contributed by atoms with Gasteiger partial charge in [0.15, 0.2) is 0 Å². The van der Waals surface area contributed by atoms with Gasteiger partial charge in [-0.2, -0.15) is 13.2 Å². The van der Waals surface area contributed by atoms with Crippen LogP contribution < -0.4 is 4.72 Å². The van der Waals surface area contributed by atoms with Crippen molar-refractivity contribution in [1.82, 2.24) is 4.98 Å². The van der Waals surface area contributed by atoms with E-state index in [1.807, 2.05) is 6.92 Å². The molecule has 0 atom stereocenters. The van der Waals surface area contributed by atoms with Crippen LogP contribution in [-0.2, 0) is 22.6 Å². The van der Waals surface area contributed by atoms with Crippen molar-refractivity contribution in [3.05, 3.63) is 86.7 Å². The van der Waals surface area contributed by atoms with Crippen LogP contribution >= 0.6 is 23.2 Å². The van der Waals surface area contributed by atoms with Crippen LogP contribution in [0.5, 0.6) is 0 Å². The Bertz CT molecular complexity index is 1340. The van der Waals surface area contributed by atoms with Crippen LogP contribution in [0.3, 0.4) is 0 Å². The minimum Gasteiger partial charge on any atom is -0.287 e. The molecule has 0 bridgehead atoms. The van der Waals surface area contributed by atoms with E-state index in [1.165, 1.54) is 13.0 Å². The van der Waals surface area contributed by atoms with Crippen LogP contribution in [0.4, 0.5) is 18.9 Å². The molecular weight excluding hydrogens is 500 g/mol. The summed E-state index contributed by atoms with van der Waals surface area (Å²) in [6.07, 6.45) is -4.32. The number of aromatic nitrogens is 1. The molecule has 3 rings (SSSR count). The Morgan fingerprint density at radius 1 is 1.06 bits per heavy atom. The van der Waals surface area contributed by atoms with Crippen molar-refractivity contribution in [3.63, 3.8) is 0 Å². The lowest BCUT2D eigenvalue weighted by Gasteiger charge is -2.15. The minimum atomic E-state index is -4.86. The highest BCUT2D eigenvalue weighted by atomic mass is 35.5. The molecular formula is C22H17Cl2F3N2O3S. The molecule has 1 aromatic heterocycles. The molecule has 0 aliphatic heterocycles. The predicted octanol–water partition coefficient (Wildman–Crippen LogP) is 6.31. The molecule has 0 saturated carbocycles. The van der Waals surface area contributed by atoms with Gasteiger partial charge in [-0.3, -0.25) is 9.52 Å². The zero-order chi connectivity index (χ0) is 24.6. The second-order valence-electron chi connectivity index (χ2n) is 7.04. The molecule has 1 N–H and O–H groups in total. The van der Waals surface area contributed by atoms with Crippen LogP contribution in [0.2, 0.25) is 10.0 Å². The van der Waals surface area contributed by atoms with Gasteiger partial charge in [-0.25, -0.2) is 13.4 Å². The van der Waals surface area contributed by atoms with Crippen LogP contribution in [0, 0.1) is 6.92 Å². The molecule has 3 aromatic rings. The highest BCUT2D eigenvalue weighted by molar-refractivity contribution is 7.92. The van der Waals surface area contributed by atoms with Crippen LogP contribution in [0.15, 0.2) is 53.4 Å². The summed E-state index contributed by atoms with van der Waals surface area (Å²) in [6, 6.07) is 10.1. The fourth-order valence-corrected chi connectivity index (χ4v) is 4.56. The van der Waals surface area contributed by atoms with Gasteiger partial charge in [0.1, 0.15) is 5.69 Å². The van der Waals surface area contributed by atoms with Crippen molar-refractivity contribution in [2.45, 2.75) is 31.3 Å². The SMILES string of the molecule is CCc1ccccc1C(=O)c1nc(C)c(Cl)cc1NS(=O)(=O)c1ccc(Cl)c(C(F)(F)F)c1. The summed E-state index contributed by atoms with van der Waals surface area (Å²) in [5, 5.41) is -0.575. The summed E-state index contributed by atoms with van der Waals surface area (Å²) in [7, 11) is -4.56. The Kier molecular flexibility index (Phi) is 7.07. The third-order valence-electron chi connectivity index (χ3n) is 4.81. The molecule has 174 valence electrons. The Morgan fingerprint density at radius 2 is 1.73 bits per heavy atom. The Morgan fingerprint density at radius 3 is 2.36 bits per heavy atom. The van der Waals surface area contributed by atoms with Crippen molar-refractivity contribution < 1.29 is 26.4 Å². The smallest absolute Gasteiger partial charge is 0.287 e. The number of carbonyl (C=O) groups is 1. The van der Waals surface area contributed by atoms with Gasteiger partial charge in [0.25, 0.3) is 10.0 Å². The topological polar surface area (TPSA) is 76.1 Å². The second kappa shape index (κ2) is 9.32. The monoisotopic (exact) mass is 516 g/mol. The first-order valence-electron chi connectivity index (χ1n) is 9.54. The minimum absolute atomic E-state index is 0.0695. The summed E-state index contributed by atoms with van der Waals surface area (Å²) < 4.78 is 67.6. The van der Waals surface area contributed by atoms with Gasteiger partial charge in [0.05, 0.1) is 31.9 Å². The molecule has 5 nitrogen and oxygen atoms in total. The van der Waals surface area contributed by atoms with Gasteiger partial charge >= 0.3 is 6.18 Å². The van der Waals surface area contributed by atoms with E-state index in [0.29, 0.717) is 18.1 Å². The van der Waals surface area contributed by atoms with Gasteiger partial charge in [0, 0.05) is 5.56 Å². The zero-order valence-corrected chi connectivity index (χ0v) is 19.6. The molecule has 0 aliphatic rings. The van der Waals surface area contributed by atoms with E-state index in [-0.39, 0.29) is 22.1 Å². The van der Waals surface area contributed by atoms with Gasteiger partial charge in [-0.05, 0) is 43.2 Å². The highest BCUT2D eigenvalue weighted by Crippen LogP contribution is 2.36. The number of pyridine rings is 1. The molecule has 0 spiro atoms. The number of nitrogens with one attached hydrogen (secondary N) is 1. The van der Waals surface area contributed by atoms with Gasteiger partial charge in [-0.1, -0.05) is 54.4 Å². The number of alkyl halides is 3. The number of halogens is 5. The van der Waals surface area contributed by atoms with E-state index >= 15 is 0 Å². The van der Waals surface area contributed by atoms with E-state index in [4.69, 9.17) is 23.2 Å². The lowest BCUT2D eigenvalue weighted by Crippen LogP contribution is -2.19. The van der Waals surface area contributed by atoms with Gasteiger partial charge in [0.2, 0.25) is 5.78 Å². The quantitative estimate of drug-likeness (QED) is 0.389. The number of hydrogen-bond acceptors (Lipinski definition) is 4.